The highest BCUT2D eigenvalue weighted by Gasteiger charge is 2.18. The van der Waals surface area contributed by atoms with Gasteiger partial charge in [0.25, 0.3) is 10.0 Å². The van der Waals surface area contributed by atoms with E-state index in [9.17, 15) is 13.2 Å². The fraction of sp³-hybridized carbons (Fsp3) is 0.615. The van der Waals surface area contributed by atoms with Gasteiger partial charge in [0.2, 0.25) is 5.91 Å². The average Bonchev–Trinajstić information content (AvgIpc) is 2.82. The summed E-state index contributed by atoms with van der Waals surface area (Å²) in [6.45, 7) is 5.93. The van der Waals surface area contributed by atoms with E-state index in [-0.39, 0.29) is 22.7 Å². The monoisotopic (exact) mass is 396 g/mol. The van der Waals surface area contributed by atoms with Crippen molar-refractivity contribution in [2.45, 2.75) is 43.9 Å². The van der Waals surface area contributed by atoms with Gasteiger partial charge in [0.15, 0.2) is 0 Å². The summed E-state index contributed by atoms with van der Waals surface area (Å²) in [4.78, 5) is 11.7. The third-order valence-corrected chi connectivity index (χ3v) is 6.34. The van der Waals surface area contributed by atoms with Gasteiger partial charge < -0.3 is 5.32 Å². The van der Waals surface area contributed by atoms with Gasteiger partial charge in [-0.3, -0.25) is 4.79 Å². The first-order valence-corrected chi connectivity index (χ1v) is 9.84. The molecule has 1 amide bonds. The molecule has 0 aliphatic carbocycles. The fourth-order valence-corrected chi connectivity index (χ4v) is 4.69. The number of halogens is 1. The molecule has 8 heteroatoms. The molecular weight excluding hydrogens is 376 g/mol. The van der Waals surface area contributed by atoms with Crippen LogP contribution in [0, 0.1) is 5.92 Å². The van der Waals surface area contributed by atoms with Gasteiger partial charge in [-0.15, -0.1) is 11.3 Å². The minimum atomic E-state index is -3.62. The van der Waals surface area contributed by atoms with Gasteiger partial charge >= 0.3 is 0 Å². The molecule has 120 valence electrons. The van der Waals surface area contributed by atoms with Crippen molar-refractivity contribution in [3.8, 4) is 0 Å². The molecule has 21 heavy (non-hydrogen) atoms. The molecule has 0 unspecified atom stereocenters. The molecule has 0 bridgehead atoms. The first kappa shape index (κ1) is 18.6. The summed E-state index contributed by atoms with van der Waals surface area (Å²) in [6.07, 6.45) is 1.91. The second-order valence-electron chi connectivity index (χ2n) is 5.32. The normalized spacial score (nSPS) is 13.4. The second-order valence-corrected chi connectivity index (χ2v) is 9.78. The van der Waals surface area contributed by atoms with Crippen LogP contribution in [0.4, 0.5) is 0 Å². The smallest absolute Gasteiger partial charge is 0.250 e. The van der Waals surface area contributed by atoms with Crippen molar-refractivity contribution < 1.29 is 13.2 Å². The van der Waals surface area contributed by atoms with Crippen molar-refractivity contribution in [1.29, 1.82) is 0 Å². The standard InChI is InChI=1S/C13H21BrN2O3S2/c1-9(2)4-5-10(3)16-12(17)8-15-21(18,19)13-7-6-11(14)20-13/h6-7,9-10,15H,4-5,8H2,1-3H3,(H,16,17)/t10-/m1/s1. The first-order valence-electron chi connectivity index (χ1n) is 6.75. The van der Waals surface area contributed by atoms with E-state index in [1.165, 1.54) is 6.07 Å². The van der Waals surface area contributed by atoms with Crippen molar-refractivity contribution in [3.05, 3.63) is 15.9 Å². The third-order valence-electron chi connectivity index (χ3n) is 2.82. The van der Waals surface area contributed by atoms with E-state index in [1.54, 1.807) is 6.07 Å². The number of hydrogen-bond donors (Lipinski definition) is 2. The molecular formula is C13H21BrN2O3S2. The maximum Gasteiger partial charge on any atom is 0.250 e. The predicted octanol–water partition coefficient (Wildman–Crippen LogP) is 2.73. The van der Waals surface area contributed by atoms with E-state index in [2.05, 4.69) is 39.8 Å². The maximum atomic E-state index is 11.9. The Balaban J connectivity index is 2.42. The Morgan fingerprint density at radius 3 is 2.48 bits per heavy atom. The molecule has 1 aromatic heterocycles. The highest BCUT2D eigenvalue weighted by atomic mass is 79.9. The molecule has 0 aromatic carbocycles. The molecule has 1 heterocycles. The Kier molecular flexibility index (Phi) is 7.32. The minimum absolute atomic E-state index is 0.0419. The molecule has 5 nitrogen and oxygen atoms in total. The molecule has 0 radical (unpaired) electrons. The number of hydrogen-bond acceptors (Lipinski definition) is 4. The van der Waals surface area contributed by atoms with Crippen LogP contribution in [0.25, 0.3) is 0 Å². The lowest BCUT2D eigenvalue weighted by Crippen LogP contribution is -2.40. The van der Waals surface area contributed by atoms with Gasteiger partial charge in [-0.05, 0) is 53.7 Å². The Morgan fingerprint density at radius 2 is 1.95 bits per heavy atom. The summed E-state index contributed by atoms with van der Waals surface area (Å²) < 4.78 is 27.1. The molecule has 0 aliphatic heterocycles. The second kappa shape index (κ2) is 8.26. The summed E-state index contributed by atoms with van der Waals surface area (Å²) >= 11 is 4.32. The molecule has 2 N–H and O–H groups in total. The van der Waals surface area contributed by atoms with E-state index in [1.807, 2.05) is 6.92 Å². The Hall–Kier alpha value is -0.440. The Morgan fingerprint density at radius 1 is 1.29 bits per heavy atom. The van der Waals surface area contributed by atoms with Crippen LogP contribution in [0.3, 0.4) is 0 Å². The number of sulfonamides is 1. The number of carbonyl (C=O) groups is 1. The quantitative estimate of drug-likeness (QED) is 0.708. The maximum absolute atomic E-state index is 11.9. The van der Waals surface area contributed by atoms with Crippen LogP contribution < -0.4 is 10.0 Å². The molecule has 0 saturated carbocycles. The lowest BCUT2D eigenvalue weighted by molar-refractivity contribution is -0.120. The summed E-state index contributed by atoms with van der Waals surface area (Å²) in [7, 11) is -3.62. The van der Waals surface area contributed by atoms with Crippen molar-refractivity contribution in [3.63, 3.8) is 0 Å². The highest BCUT2D eigenvalue weighted by molar-refractivity contribution is 9.11. The van der Waals surface area contributed by atoms with Gasteiger partial charge in [-0.25, -0.2) is 13.1 Å². The molecule has 1 aromatic rings. The van der Waals surface area contributed by atoms with Crippen molar-refractivity contribution in [2.75, 3.05) is 6.54 Å². The summed E-state index contributed by atoms with van der Waals surface area (Å²) in [5.41, 5.74) is 0. The van der Waals surface area contributed by atoms with E-state index >= 15 is 0 Å². The third kappa shape index (κ3) is 6.90. The van der Waals surface area contributed by atoms with Gasteiger partial charge in [0, 0.05) is 6.04 Å². The van der Waals surface area contributed by atoms with Crippen LogP contribution in [0.1, 0.15) is 33.6 Å². The number of rotatable bonds is 8. The van der Waals surface area contributed by atoms with Gasteiger partial charge in [0.05, 0.1) is 10.3 Å². The van der Waals surface area contributed by atoms with Crippen molar-refractivity contribution in [2.24, 2.45) is 5.92 Å². The van der Waals surface area contributed by atoms with Crippen LogP contribution in [0.5, 0.6) is 0 Å². The molecule has 0 saturated heterocycles. The number of nitrogens with one attached hydrogen (secondary N) is 2. The molecule has 0 aliphatic rings. The minimum Gasteiger partial charge on any atom is -0.353 e. The van der Waals surface area contributed by atoms with E-state index in [0.717, 1.165) is 28.0 Å². The molecule has 1 rings (SSSR count). The average molecular weight is 397 g/mol. The van der Waals surface area contributed by atoms with E-state index in [4.69, 9.17) is 0 Å². The SMILES string of the molecule is CC(C)CC[C@@H](C)NC(=O)CNS(=O)(=O)c1ccc(Br)s1. The zero-order valence-corrected chi connectivity index (χ0v) is 15.6. The van der Waals surface area contributed by atoms with Gasteiger partial charge in [0.1, 0.15) is 4.21 Å². The van der Waals surface area contributed by atoms with Crippen molar-refractivity contribution >= 4 is 43.2 Å². The first-order chi connectivity index (χ1) is 9.70. The van der Waals surface area contributed by atoms with Gasteiger partial charge in [-0.1, -0.05) is 13.8 Å². The molecule has 0 spiro atoms. The largest absolute Gasteiger partial charge is 0.353 e. The van der Waals surface area contributed by atoms with Crippen LogP contribution in [-0.4, -0.2) is 26.9 Å². The highest BCUT2D eigenvalue weighted by Crippen LogP contribution is 2.25. The number of thiophene rings is 1. The summed E-state index contributed by atoms with van der Waals surface area (Å²) in [6, 6.07) is 3.20. The van der Waals surface area contributed by atoms with E-state index < -0.39 is 10.0 Å². The van der Waals surface area contributed by atoms with Crippen LogP contribution in [0.2, 0.25) is 0 Å². The van der Waals surface area contributed by atoms with E-state index in [0.29, 0.717) is 5.92 Å². The fourth-order valence-electron chi connectivity index (χ4n) is 1.66. The van der Waals surface area contributed by atoms with Gasteiger partial charge in [-0.2, -0.15) is 0 Å². The van der Waals surface area contributed by atoms with Crippen LogP contribution in [-0.2, 0) is 14.8 Å². The lowest BCUT2D eigenvalue weighted by atomic mass is 10.0. The number of carbonyl (C=O) groups excluding carboxylic acids is 1. The zero-order valence-electron chi connectivity index (χ0n) is 12.3. The lowest BCUT2D eigenvalue weighted by Gasteiger charge is -2.15. The zero-order chi connectivity index (χ0) is 16.0. The number of amides is 1. The van der Waals surface area contributed by atoms with Crippen molar-refractivity contribution in [1.82, 2.24) is 10.0 Å². The summed E-state index contributed by atoms with van der Waals surface area (Å²) in [5.74, 6) is 0.269. The predicted molar refractivity (Wildman–Crippen MR) is 88.9 cm³/mol. The van der Waals surface area contributed by atoms with Crippen LogP contribution in [0.15, 0.2) is 20.1 Å². The Labute approximate surface area is 138 Å². The molecule has 0 fully saturated rings. The topological polar surface area (TPSA) is 75.3 Å². The summed E-state index contributed by atoms with van der Waals surface area (Å²) in [5, 5.41) is 2.79. The van der Waals surface area contributed by atoms with Crippen LogP contribution >= 0.6 is 27.3 Å². The Bertz CT molecular complexity index is 570. The molecule has 1 atom stereocenters.